The quantitative estimate of drug-likeness (QED) is 0.304. The lowest BCUT2D eigenvalue weighted by atomic mass is 9.86. The van der Waals surface area contributed by atoms with Crippen LogP contribution in [0.5, 0.6) is 0 Å². The summed E-state index contributed by atoms with van der Waals surface area (Å²) in [5, 5.41) is 17.2. The summed E-state index contributed by atoms with van der Waals surface area (Å²) in [5.74, 6) is -6.61. The molecule has 0 aliphatic carbocycles. The highest BCUT2D eigenvalue weighted by atomic mass is 16.4. The first-order chi connectivity index (χ1) is 6.95. The Kier molecular flexibility index (Phi) is 3.54. The van der Waals surface area contributed by atoms with E-state index in [0.717, 1.165) is 13.8 Å². The molecular weight excluding hydrogens is 220 g/mol. The highest BCUT2D eigenvalue weighted by Crippen LogP contribution is 2.10. The summed E-state index contributed by atoms with van der Waals surface area (Å²) in [6.07, 6.45) is 0. The van der Waals surface area contributed by atoms with Gasteiger partial charge in [-0.25, -0.2) is 9.59 Å². The van der Waals surface area contributed by atoms with Crippen LogP contribution in [-0.4, -0.2) is 44.8 Å². The average Bonchev–Trinajstić information content (AvgIpc) is 2.14. The molecule has 0 heterocycles. The Labute approximate surface area is 90.2 Å². The molecule has 0 saturated heterocycles. The minimum atomic E-state index is -2.49. The van der Waals surface area contributed by atoms with E-state index in [4.69, 9.17) is 21.7 Å². The summed E-state index contributed by atoms with van der Waals surface area (Å²) >= 11 is 0. The third-order valence-corrected chi connectivity index (χ3v) is 2.04. The second-order valence-corrected chi connectivity index (χ2v) is 3.67. The zero-order chi connectivity index (χ0) is 13.3. The summed E-state index contributed by atoms with van der Waals surface area (Å²) in [7, 11) is 0. The van der Waals surface area contributed by atoms with Crippen molar-refractivity contribution < 1.29 is 29.4 Å². The first-order valence-electron chi connectivity index (χ1n) is 4.09. The SMILES string of the molecule is C[C@@](N)(C(=O)O)C(=O)C(=O)[C@](C)(N)C(=O)O. The molecule has 8 nitrogen and oxygen atoms in total. The molecule has 0 aliphatic heterocycles. The van der Waals surface area contributed by atoms with Crippen molar-refractivity contribution in [2.24, 2.45) is 11.5 Å². The third-order valence-electron chi connectivity index (χ3n) is 2.04. The Morgan fingerprint density at radius 1 is 0.812 bits per heavy atom. The van der Waals surface area contributed by atoms with Gasteiger partial charge in [0.1, 0.15) is 0 Å². The van der Waals surface area contributed by atoms with Gasteiger partial charge in [0.15, 0.2) is 11.1 Å². The van der Waals surface area contributed by atoms with E-state index in [-0.39, 0.29) is 0 Å². The van der Waals surface area contributed by atoms with Crippen LogP contribution >= 0.6 is 0 Å². The monoisotopic (exact) mass is 232 g/mol. The molecule has 0 unspecified atom stereocenters. The maximum absolute atomic E-state index is 11.4. The number of rotatable bonds is 5. The number of ketones is 2. The number of Topliss-reactive ketones (excluding diaryl/α,β-unsaturated/α-hetero) is 2. The van der Waals surface area contributed by atoms with Crippen molar-refractivity contribution in [2.45, 2.75) is 24.9 Å². The molecule has 0 aromatic rings. The van der Waals surface area contributed by atoms with Crippen molar-refractivity contribution in [1.29, 1.82) is 0 Å². The van der Waals surface area contributed by atoms with Gasteiger partial charge in [0.05, 0.1) is 0 Å². The van der Waals surface area contributed by atoms with Crippen LogP contribution in [0.3, 0.4) is 0 Å². The van der Waals surface area contributed by atoms with E-state index in [1.165, 1.54) is 0 Å². The molecule has 0 aliphatic rings. The van der Waals surface area contributed by atoms with Crippen molar-refractivity contribution in [3.05, 3.63) is 0 Å². The van der Waals surface area contributed by atoms with E-state index >= 15 is 0 Å². The molecule has 0 aromatic carbocycles. The number of aliphatic carboxylic acids is 2. The van der Waals surface area contributed by atoms with Crippen LogP contribution in [0.2, 0.25) is 0 Å². The topological polar surface area (TPSA) is 161 Å². The number of carboxylic acids is 2. The van der Waals surface area contributed by atoms with Crippen LogP contribution in [0.1, 0.15) is 13.8 Å². The number of carbonyl (C=O) groups is 4. The van der Waals surface area contributed by atoms with Crippen molar-refractivity contribution in [3.63, 3.8) is 0 Å². The maximum atomic E-state index is 11.4. The fourth-order valence-corrected chi connectivity index (χ4v) is 0.666. The molecule has 90 valence electrons. The van der Waals surface area contributed by atoms with E-state index in [1.807, 2.05) is 0 Å². The number of hydrogen-bond acceptors (Lipinski definition) is 6. The van der Waals surface area contributed by atoms with Crippen LogP contribution in [-0.2, 0) is 19.2 Å². The second-order valence-electron chi connectivity index (χ2n) is 3.67. The maximum Gasteiger partial charge on any atom is 0.331 e. The highest BCUT2D eigenvalue weighted by molar-refractivity contribution is 6.49. The van der Waals surface area contributed by atoms with Gasteiger partial charge in [0.2, 0.25) is 11.6 Å². The third kappa shape index (κ3) is 2.23. The van der Waals surface area contributed by atoms with E-state index in [0.29, 0.717) is 0 Å². The molecule has 8 heteroatoms. The van der Waals surface area contributed by atoms with Gasteiger partial charge in [-0.3, -0.25) is 9.59 Å². The lowest BCUT2D eigenvalue weighted by Crippen LogP contribution is -2.63. The van der Waals surface area contributed by atoms with E-state index in [1.54, 1.807) is 0 Å². The van der Waals surface area contributed by atoms with Crippen LogP contribution < -0.4 is 11.5 Å². The smallest absolute Gasteiger partial charge is 0.331 e. The van der Waals surface area contributed by atoms with Crippen LogP contribution in [0, 0.1) is 0 Å². The molecule has 0 aromatic heterocycles. The molecule has 0 amide bonds. The Morgan fingerprint density at radius 3 is 1.12 bits per heavy atom. The Balaban J connectivity index is 5.27. The van der Waals surface area contributed by atoms with Gasteiger partial charge < -0.3 is 21.7 Å². The summed E-state index contributed by atoms with van der Waals surface area (Å²) in [5.41, 5.74) is 5.18. The molecular formula is C8H12N2O6. The number of nitrogens with two attached hydrogens (primary N) is 2. The van der Waals surface area contributed by atoms with Crippen molar-refractivity contribution in [2.75, 3.05) is 0 Å². The molecule has 6 N–H and O–H groups in total. The van der Waals surface area contributed by atoms with Crippen molar-refractivity contribution in [1.82, 2.24) is 0 Å². The molecule has 0 saturated carbocycles. The predicted molar refractivity (Wildman–Crippen MR) is 50.5 cm³/mol. The molecule has 0 fully saturated rings. The van der Waals surface area contributed by atoms with Gasteiger partial charge in [-0.2, -0.15) is 0 Å². The van der Waals surface area contributed by atoms with E-state index < -0.39 is 34.6 Å². The molecule has 0 radical (unpaired) electrons. The average molecular weight is 232 g/mol. The fraction of sp³-hybridized carbons (Fsp3) is 0.500. The highest BCUT2D eigenvalue weighted by Gasteiger charge is 2.49. The van der Waals surface area contributed by atoms with Crippen molar-refractivity contribution in [3.8, 4) is 0 Å². The first-order valence-corrected chi connectivity index (χ1v) is 4.09. The van der Waals surface area contributed by atoms with Gasteiger partial charge in [0, 0.05) is 0 Å². The van der Waals surface area contributed by atoms with Crippen LogP contribution in [0.15, 0.2) is 0 Å². The fourth-order valence-electron chi connectivity index (χ4n) is 0.666. The minimum Gasteiger partial charge on any atom is -0.480 e. The number of carbonyl (C=O) groups excluding carboxylic acids is 2. The summed E-state index contributed by atoms with van der Waals surface area (Å²) in [6, 6.07) is 0. The lowest BCUT2D eigenvalue weighted by molar-refractivity contribution is -0.157. The van der Waals surface area contributed by atoms with Crippen molar-refractivity contribution >= 4 is 23.5 Å². The molecule has 0 spiro atoms. The first kappa shape index (κ1) is 14.2. The molecule has 0 rings (SSSR count). The second kappa shape index (κ2) is 3.99. The van der Waals surface area contributed by atoms with Crippen LogP contribution in [0.25, 0.3) is 0 Å². The Hall–Kier alpha value is -1.80. The Bertz CT molecular complexity index is 335. The standard InChI is InChI=1S/C8H12N2O6/c1-7(9,5(13)14)3(11)4(12)8(2,10)6(15)16/h9-10H2,1-2H3,(H,13,14)(H,15,16)/t7-,8-/m0/s1. The van der Waals surface area contributed by atoms with Crippen LogP contribution in [0.4, 0.5) is 0 Å². The zero-order valence-corrected chi connectivity index (χ0v) is 8.68. The molecule has 0 bridgehead atoms. The summed E-state index contributed by atoms with van der Waals surface area (Å²) in [6.45, 7) is 1.57. The van der Waals surface area contributed by atoms with Gasteiger partial charge in [0.25, 0.3) is 0 Å². The number of hydrogen-bond donors (Lipinski definition) is 4. The van der Waals surface area contributed by atoms with E-state index in [9.17, 15) is 19.2 Å². The number of carboxylic acid groups (broad SMARTS) is 2. The normalized spacial score (nSPS) is 18.0. The predicted octanol–water partition coefficient (Wildman–Crippen LogP) is -2.27. The summed E-state index contributed by atoms with van der Waals surface area (Å²) < 4.78 is 0. The van der Waals surface area contributed by atoms with E-state index in [2.05, 4.69) is 0 Å². The largest absolute Gasteiger partial charge is 0.480 e. The minimum absolute atomic E-state index is 0.785. The zero-order valence-electron chi connectivity index (χ0n) is 8.68. The lowest BCUT2D eigenvalue weighted by Gasteiger charge is -2.22. The van der Waals surface area contributed by atoms with Gasteiger partial charge in [-0.1, -0.05) is 0 Å². The Morgan fingerprint density at radius 2 is 1.00 bits per heavy atom. The van der Waals surface area contributed by atoms with Gasteiger partial charge in [-0.15, -0.1) is 0 Å². The molecule has 2 atom stereocenters. The van der Waals surface area contributed by atoms with Gasteiger partial charge >= 0.3 is 11.9 Å². The summed E-state index contributed by atoms with van der Waals surface area (Å²) in [4.78, 5) is 43.9. The molecule has 16 heavy (non-hydrogen) atoms. The van der Waals surface area contributed by atoms with Gasteiger partial charge in [-0.05, 0) is 13.8 Å².